The Morgan fingerprint density at radius 3 is 2.30 bits per heavy atom. The van der Waals surface area contributed by atoms with Crippen LogP contribution in [0.3, 0.4) is 0 Å². The highest BCUT2D eigenvalue weighted by atomic mass is 35.5. The molecule has 1 heterocycles. The molecule has 140 valence electrons. The van der Waals surface area contributed by atoms with Crippen LogP contribution in [0, 0.1) is 29.1 Å². The second-order valence-corrected chi connectivity index (χ2v) is 8.45. The number of nitrogens with zero attached hydrogens (tertiary/aromatic N) is 1. The van der Waals surface area contributed by atoms with E-state index >= 15 is 0 Å². The molecule has 0 unspecified atom stereocenters. The number of benzene rings is 1. The molecule has 1 aliphatic heterocycles. The molecule has 6 nitrogen and oxygen atoms in total. The van der Waals surface area contributed by atoms with Crippen LogP contribution in [0.1, 0.15) is 12.8 Å². The fourth-order valence-electron chi connectivity index (χ4n) is 5.06. The Morgan fingerprint density at radius 2 is 1.74 bits per heavy atom. The van der Waals surface area contributed by atoms with E-state index in [1.165, 1.54) is 6.07 Å². The molecule has 0 aromatic heterocycles. The zero-order chi connectivity index (χ0) is 18.9. The second-order valence-electron chi connectivity index (χ2n) is 7.63. The summed E-state index contributed by atoms with van der Waals surface area (Å²) in [5.74, 6) is -1.26. The fraction of sp³-hybridized carbons (Fsp3) is 0.421. The summed E-state index contributed by atoms with van der Waals surface area (Å²) >= 11 is 11.7. The van der Waals surface area contributed by atoms with E-state index in [0.717, 1.165) is 17.9 Å². The van der Waals surface area contributed by atoms with Crippen LogP contribution >= 0.6 is 23.2 Å². The Labute approximate surface area is 165 Å². The minimum atomic E-state index is -0.579. The molecule has 3 amide bonds. The van der Waals surface area contributed by atoms with E-state index in [2.05, 4.69) is 17.6 Å². The molecule has 8 heteroatoms. The summed E-state index contributed by atoms with van der Waals surface area (Å²) in [5.41, 5.74) is 2.54. The first-order chi connectivity index (χ1) is 12.9. The van der Waals surface area contributed by atoms with Crippen molar-refractivity contribution in [2.24, 2.45) is 29.1 Å². The quantitative estimate of drug-likeness (QED) is 0.615. The van der Waals surface area contributed by atoms with Gasteiger partial charge in [0, 0.05) is 6.07 Å². The zero-order valence-electron chi connectivity index (χ0n) is 14.2. The third-order valence-corrected chi connectivity index (χ3v) is 7.09. The van der Waals surface area contributed by atoms with Crippen molar-refractivity contribution in [2.75, 3.05) is 6.61 Å². The maximum atomic E-state index is 12.8. The first-order valence-electron chi connectivity index (χ1n) is 8.86. The molecule has 2 saturated carbocycles. The third-order valence-electron chi connectivity index (χ3n) is 6.35. The van der Waals surface area contributed by atoms with Crippen molar-refractivity contribution < 1.29 is 19.1 Å². The lowest BCUT2D eigenvalue weighted by Gasteiger charge is -2.22. The molecular weight excluding hydrogens is 391 g/mol. The molecule has 1 aromatic rings. The molecule has 1 aromatic carbocycles. The summed E-state index contributed by atoms with van der Waals surface area (Å²) in [7, 11) is 0. The summed E-state index contributed by atoms with van der Waals surface area (Å²) in [4.78, 5) is 37.8. The summed E-state index contributed by atoms with van der Waals surface area (Å²) in [5, 5.41) is 1.58. The van der Waals surface area contributed by atoms with E-state index in [0.29, 0.717) is 15.8 Å². The van der Waals surface area contributed by atoms with E-state index < -0.39 is 5.91 Å². The lowest BCUT2D eigenvalue weighted by Crippen LogP contribution is -2.49. The lowest BCUT2D eigenvalue weighted by molar-refractivity contribution is -0.150. The van der Waals surface area contributed by atoms with Gasteiger partial charge in [-0.15, -0.1) is 0 Å². The van der Waals surface area contributed by atoms with Gasteiger partial charge in [-0.1, -0.05) is 35.4 Å². The molecular formula is C19H16Cl2N2O4. The molecule has 4 aliphatic rings. The standard InChI is InChI=1S/C19H16Cl2N2O4/c20-12-4-1-9(7-13(12)21)27-8-14(24)22-23-17(25)15-10-2-3-11(16(15)18(23)26)19(10)5-6-19/h1-4,7,10-11,15-16H,5-6,8H2,(H,22,24)/t10-,11-,15-,16+/m0/s1. The monoisotopic (exact) mass is 406 g/mol. The summed E-state index contributed by atoms with van der Waals surface area (Å²) in [6.45, 7) is -0.348. The van der Waals surface area contributed by atoms with Crippen molar-refractivity contribution in [1.29, 1.82) is 0 Å². The maximum absolute atomic E-state index is 12.8. The van der Waals surface area contributed by atoms with Gasteiger partial charge in [0.15, 0.2) is 6.61 Å². The van der Waals surface area contributed by atoms with Crippen LogP contribution in [-0.4, -0.2) is 29.3 Å². The van der Waals surface area contributed by atoms with Crippen LogP contribution in [-0.2, 0) is 14.4 Å². The highest BCUT2D eigenvalue weighted by molar-refractivity contribution is 6.42. The van der Waals surface area contributed by atoms with Gasteiger partial charge in [0.1, 0.15) is 5.75 Å². The lowest BCUT2D eigenvalue weighted by atomic mass is 9.85. The van der Waals surface area contributed by atoms with Gasteiger partial charge >= 0.3 is 0 Å². The minimum absolute atomic E-state index is 0.123. The highest BCUT2D eigenvalue weighted by Crippen LogP contribution is 2.73. The van der Waals surface area contributed by atoms with Crippen molar-refractivity contribution in [2.45, 2.75) is 12.8 Å². The summed E-state index contributed by atoms with van der Waals surface area (Å²) < 4.78 is 5.36. The first kappa shape index (κ1) is 17.1. The van der Waals surface area contributed by atoms with Crippen molar-refractivity contribution >= 4 is 40.9 Å². The summed E-state index contributed by atoms with van der Waals surface area (Å²) in [6.07, 6.45) is 6.32. The van der Waals surface area contributed by atoms with Crippen LogP contribution < -0.4 is 10.2 Å². The third kappa shape index (κ3) is 2.36. The summed E-state index contributed by atoms with van der Waals surface area (Å²) in [6, 6.07) is 4.63. The average Bonchev–Trinajstić information content (AvgIpc) is 3.25. The number of hydrazine groups is 1. The van der Waals surface area contributed by atoms with Crippen molar-refractivity contribution in [1.82, 2.24) is 10.4 Å². The molecule has 3 aliphatic carbocycles. The number of allylic oxidation sites excluding steroid dienone is 2. The predicted octanol–water partition coefficient (Wildman–Crippen LogP) is 2.60. The molecule has 2 bridgehead atoms. The highest BCUT2D eigenvalue weighted by Gasteiger charge is 2.73. The van der Waals surface area contributed by atoms with Gasteiger partial charge in [0.2, 0.25) is 0 Å². The van der Waals surface area contributed by atoms with Gasteiger partial charge in [-0.25, -0.2) is 0 Å². The Kier molecular flexibility index (Phi) is 3.62. The molecule has 1 N–H and O–H groups in total. The Balaban J connectivity index is 1.24. The number of rotatable bonds is 4. The second kappa shape index (κ2) is 5.72. The number of halogens is 2. The normalized spacial score (nSPS) is 31.6. The van der Waals surface area contributed by atoms with E-state index in [1.807, 2.05) is 0 Å². The zero-order valence-corrected chi connectivity index (χ0v) is 15.7. The Hall–Kier alpha value is -2.05. The largest absolute Gasteiger partial charge is 0.484 e. The van der Waals surface area contributed by atoms with E-state index in [-0.39, 0.29) is 47.5 Å². The van der Waals surface area contributed by atoms with Crippen molar-refractivity contribution in [3.8, 4) is 5.75 Å². The van der Waals surface area contributed by atoms with E-state index in [9.17, 15) is 14.4 Å². The smallest absolute Gasteiger partial charge is 0.276 e. The first-order valence-corrected chi connectivity index (χ1v) is 9.61. The van der Waals surface area contributed by atoms with Crippen LogP contribution in [0.25, 0.3) is 0 Å². The number of carbonyl (C=O) groups is 3. The van der Waals surface area contributed by atoms with Gasteiger partial charge in [0.25, 0.3) is 17.7 Å². The number of hydrogen-bond acceptors (Lipinski definition) is 4. The average molecular weight is 407 g/mol. The molecule has 1 saturated heterocycles. The van der Waals surface area contributed by atoms with Gasteiger partial charge in [-0.3, -0.25) is 19.8 Å². The minimum Gasteiger partial charge on any atom is -0.484 e. The van der Waals surface area contributed by atoms with Crippen molar-refractivity contribution in [3.63, 3.8) is 0 Å². The van der Waals surface area contributed by atoms with E-state index in [1.54, 1.807) is 12.1 Å². The Morgan fingerprint density at radius 1 is 1.11 bits per heavy atom. The SMILES string of the molecule is O=C(COc1ccc(Cl)c(Cl)c1)NN1C(=O)[C@@H]2[C@H](C1=O)[C@@H]1C=C[C@@H]2C12CC2. The molecule has 5 rings (SSSR count). The van der Waals surface area contributed by atoms with Crippen LogP contribution in [0.5, 0.6) is 5.75 Å². The maximum Gasteiger partial charge on any atom is 0.276 e. The number of imide groups is 1. The number of nitrogens with one attached hydrogen (secondary N) is 1. The van der Waals surface area contributed by atoms with Gasteiger partial charge in [-0.05, 0) is 42.2 Å². The molecule has 4 atom stereocenters. The van der Waals surface area contributed by atoms with Crippen LogP contribution in [0.15, 0.2) is 30.4 Å². The van der Waals surface area contributed by atoms with Gasteiger partial charge < -0.3 is 4.74 Å². The molecule has 0 radical (unpaired) electrons. The molecule has 27 heavy (non-hydrogen) atoms. The molecule has 1 spiro atoms. The number of ether oxygens (including phenoxy) is 1. The van der Waals surface area contributed by atoms with Crippen molar-refractivity contribution in [3.05, 3.63) is 40.4 Å². The number of fused-ring (bicyclic) bond motifs is 3. The van der Waals surface area contributed by atoms with Crippen LogP contribution in [0.4, 0.5) is 0 Å². The van der Waals surface area contributed by atoms with Crippen LogP contribution in [0.2, 0.25) is 10.0 Å². The molecule has 3 fully saturated rings. The number of amides is 3. The topological polar surface area (TPSA) is 75.7 Å². The number of carbonyl (C=O) groups excluding carboxylic acids is 3. The number of hydrogen-bond donors (Lipinski definition) is 1. The fourth-order valence-corrected chi connectivity index (χ4v) is 5.35. The predicted molar refractivity (Wildman–Crippen MR) is 96.7 cm³/mol. The van der Waals surface area contributed by atoms with Gasteiger partial charge in [-0.2, -0.15) is 5.01 Å². The Bertz CT molecular complexity index is 877. The van der Waals surface area contributed by atoms with E-state index in [4.69, 9.17) is 27.9 Å². The van der Waals surface area contributed by atoms with Gasteiger partial charge in [0.05, 0.1) is 21.9 Å².